The maximum Gasteiger partial charge on any atom is 0.135 e. The van der Waals surface area contributed by atoms with Crippen molar-refractivity contribution in [2.75, 3.05) is 6.61 Å². The number of carbonyl (C=O) groups excluding carboxylic acids is 1. The Morgan fingerprint density at radius 1 is 1.21 bits per heavy atom. The molecular formula is C12H24O2. The number of Topliss-reactive ketones (excluding diaryl/α,β-unsaturated/α-hetero) is 1. The highest BCUT2D eigenvalue weighted by molar-refractivity contribution is 5.80. The van der Waals surface area contributed by atoms with E-state index in [1.54, 1.807) is 0 Å². The second-order valence-electron chi connectivity index (χ2n) is 3.97. The highest BCUT2D eigenvalue weighted by Crippen LogP contribution is 2.07. The summed E-state index contributed by atoms with van der Waals surface area (Å²) in [6.45, 7) is 8.94. The third-order valence-electron chi connectivity index (χ3n) is 2.71. The Hall–Kier alpha value is -0.370. The maximum atomic E-state index is 11.4. The van der Waals surface area contributed by atoms with E-state index < -0.39 is 0 Å². The first-order chi connectivity index (χ1) is 6.61. The van der Waals surface area contributed by atoms with Crippen molar-refractivity contribution in [3.63, 3.8) is 0 Å². The summed E-state index contributed by atoms with van der Waals surface area (Å²) in [7, 11) is 0. The number of carbonyl (C=O) groups is 1. The van der Waals surface area contributed by atoms with E-state index in [1.807, 2.05) is 6.92 Å². The Kier molecular flexibility index (Phi) is 7.77. The van der Waals surface area contributed by atoms with Crippen molar-refractivity contribution in [2.45, 2.75) is 59.5 Å². The van der Waals surface area contributed by atoms with Gasteiger partial charge in [0.15, 0.2) is 0 Å². The minimum absolute atomic E-state index is 0.221. The van der Waals surface area contributed by atoms with E-state index in [-0.39, 0.29) is 5.92 Å². The van der Waals surface area contributed by atoms with Crippen LogP contribution < -0.4 is 0 Å². The molecule has 0 heterocycles. The van der Waals surface area contributed by atoms with Crippen LogP contribution in [-0.2, 0) is 9.53 Å². The Morgan fingerprint density at radius 3 is 2.36 bits per heavy atom. The van der Waals surface area contributed by atoms with Crippen LogP contribution in [0.1, 0.15) is 53.4 Å². The largest absolute Gasteiger partial charge is 0.379 e. The lowest BCUT2D eigenvalue weighted by Crippen LogP contribution is -2.12. The van der Waals surface area contributed by atoms with Gasteiger partial charge in [-0.1, -0.05) is 20.8 Å². The Bertz CT molecular complexity index is 154. The predicted molar refractivity (Wildman–Crippen MR) is 59.4 cm³/mol. The molecule has 0 rings (SSSR count). The van der Waals surface area contributed by atoms with Gasteiger partial charge in [0.05, 0.1) is 6.10 Å². The molecule has 2 atom stereocenters. The lowest BCUT2D eigenvalue weighted by Gasteiger charge is -2.11. The van der Waals surface area contributed by atoms with Crippen LogP contribution in [0.5, 0.6) is 0 Å². The van der Waals surface area contributed by atoms with Crippen LogP contribution in [0, 0.1) is 5.92 Å². The fraction of sp³-hybridized carbons (Fsp3) is 0.917. The van der Waals surface area contributed by atoms with E-state index in [0.29, 0.717) is 18.3 Å². The third-order valence-corrected chi connectivity index (χ3v) is 2.71. The normalized spacial score (nSPS) is 15.1. The van der Waals surface area contributed by atoms with Gasteiger partial charge in [0.2, 0.25) is 0 Å². The summed E-state index contributed by atoms with van der Waals surface area (Å²) in [4.78, 5) is 11.4. The predicted octanol–water partition coefficient (Wildman–Crippen LogP) is 3.20. The molecule has 0 aliphatic heterocycles. The van der Waals surface area contributed by atoms with Gasteiger partial charge in [-0.25, -0.2) is 0 Å². The minimum atomic E-state index is 0.221. The highest BCUT2D eigenvalue weighted by Gasteiger charge is 2.09. The molecule has 0 aromatic carbocycles. The van der Waals surface area contributed by atoms with Crippen molar-refractivity contribution in [1.29, 1.82) is 0 Å². The average Bonchev–Trinajstić information content (AvgIpc) is 2.22. The fourth-order valence-corrected chi connectivity index (χ4v) is 1.12. The van der Waals surface area contributed by atoms with Crippen LogP contribution in [0.2, 0.25) is 0 Å². The van der Waals surface area contributed by atoms with E-state index in [4.69, 9.17) is 4.74 Å². The molecular weight excluding hydrogens is 176 g/mol. The molecule has 0 saturated heterocycles. The number of ether oxygens (including phenoxy) is 1. The second kappa shape index (κ2) is 7.98. The van der Waals surface area contributed by atoms with Crippen LogP contribution in [0.15, 0.2) is 0 Å². The van der Waals surface area contributed by atoms with Crippen molar-refractivity contribution in [1.82, 2.24) is 0 Å². The smallest absolute Gasteiger partial charge is 0.135 e. The van der Waals surface area contributed by atoms with Gasteiger partial charge in [-0.05, 0) is 26.2 Å². The molecule has 0 spiro atoms. The van der Waals surface area contributed by atoms with E-state index in [2.05, 4.69) is 20.8 Å². The molecule has 0 aliphatic rings. The summed E-state index contributed by atoms with van der Waals surface area (Å²) in [6, 6.07) is 0. The lowest BCUT2D eigenvalue weighted by atomic mass is 10.0. The van der Waals surface area contributed by atoms with E-state index in [9.17, 15) is 4.79 Å². The summed E-state index contributed by atoms with van der Waals surface area (Å²) in [5.74, 6) is 0.596. The van der Waals surface area contributed by atoms with Crippen LogP contribution in [-0.4, -0.2) is 18.5 Å². The molecule has 0 N–H and O–H groups in total. The summed E-state index contributed by atoms with van der Waals surface area (Å²) >= 11 is 0. The van der Waals surface area contributed by atoms with Gasteiger partial charge in [-0.15, -0.1) is 0 Å². The topological polar surface area (TPSA) is 26.3 Å². The molecule has 0 fully saturated rings. The Labute approximate surface area is 88.0 Å². The highest BCUT2D eigenvalue weighted by atomic mass is 16.5. The fourth-order valence-electron chi connectivity index (χ4n) is 1.12. The van der Waals surface area contributed by atoms with Gasteiger partial charge in [-0.3, -0.25) is 4.79 Å². The summed E-state index contributed by atoms with van der Waals surface area (Å²) < 4.78 is 5.50. The second-order valence-corrected chi connectivity index (χ2v) is 3.97. The molecule has 2 nitrogen and oxygen atoms in total. The number of rotatable bonds is 8. The van der Waals surface area contributed by atoms with Crippen LogP contribution in [0.3, 0.4) is 0 Å². The molecule has 84 valence electrons. The van der Waals surface area contributed by atoms with Crippen LogP contribution >= 0.6 is 0 Å². The number of hydrogen-bond acceptors (Lipinski definition) is 2. The van der Waals surface area contributed by atoms with Crippen molar-refractivity contribution >= 4 is 5.78 Å². The molecule has 0 aromatic heterocycles. The molecule has 0 radical (unpaired) electrons. The van der Waals surface area contributed by atoms with Crippen LogP contribution in [0.25, 0.3) is 0 Å². The first kappa shape index (κ1) is 13.6. The quantitative estimate of drug-likeness (QED) is 0.562. The summed E-state index contributed by atoms with van der Waals surface area (Å²) in [5.41, 5.74) is 0. The zero-order chi connectivity index (χ0) is 11.0. The van der Waals surface area contributed by atoms with Gasteiger partial charge >= 0.3 is 0 Å². The van der Waals surface area contributed by atoms with Gasteiger partial charge in [-0.2, -0.15) is 0 Å². The first-order valence-corrected chi connectivity index (χ1v) is 5.76. The first-order valence-electron chi connectivity index (χ1n) is 5.76. The number of hydrogen-bond donors (Lipinski definition) is 0. The molecule has 2 heteroatoms. The summed E-state index contributed by atoms with van der Waals surface area (Å²) in [6.07, 6.45) is 3.86. The standard InChI is InChI=1S/C12H24O2/c1-5-10(3)12(13)8-7-9-14-11(4)6-2/h10-11H,5-9H2,1-4H3. The Balaban J connectivity index is 3.40. The molecule has 14 heavy (non-hydrogen) atoms. The third kappa shape index (κ3) is 6.14. The molecule has 0 aromatic rings. The molecule has 0 aliphatic carbocycles. The van der Waals surface area contributed by atoms with Crippen molar-refractivity contribution in [3.8, 4) is 0 Å². The van der Waals surface area contributed by atoms with Gasteiger partial charge in [0, 0.05) is 18.9 Å². The molecule has 2 unspecified atom stereocenters. The van der Waals surface area contributed by atoms with E-state index in [0.717, 1.165) is 25.9 Å². The molecule has 0 saturated carbocycles. The van der Waals surface area contributed by atoms with Gasteiger partial charge < -0.3 is 4.74 Å². The van der Waals surface area contributed by atoms with E-state index in [1.165, 1.54) is 0 Å². The zero-order valence-corrected chi connectivity index (χ0v) is 10.0. The monoisotopic (exact) mass is 200 g/mol. The minimum Gasteiger partial charge on any atom is -0.379 e. The van der Waals surface area contributed by atoms with Crippen molar-refractivity contribution in [2.24, 2.45) is 5.92 Å². The Morgan fingerprint density at radius 2 is 1.86 bits per heavy atom. The average molecular weight is 200 g/mol. The summed E-state index contributed by atoms with van der Waals surface area (Å²) in [5, 5.41) is 0. The molecule has 0 amide bonds. The number of ketones is 1. The maximum absolute atomic E-state index is 11.4. The van der Waals surface area contributed by atoms with Crippen LogP contribution in [0.4, 0.5) is 0 Å². The van der Waals surface area contributed by atoms with Gasteiger partial charge in [0.25, 0.3) is 0 Å². The molecule has 0 bridgehead atoms. The van der Waals surface area contributed by atoms with Gasteiger partial charge in [0.1, 0.15) is 5.78 Å². The van der Waals surface area contributed by atoms with E-state index >= 15 is 0 Å². The lowest BCUT2D eigenvalue weighted by molar-refractivity contribution is -0.122. The van der Waals surface area contributed by atoms with Crippen molar-refractivity contribution in [3.05, 3.63) is 0 Å². The SMILES string of the molecule is CCC(C)OCCCC(=O)C(C)CC. The zero-order valence-electron chi connectivity index (χ0n) is 10.0. The van der Waals surface area contributed by atoms with Crippen molar-refractivity contribution < 1.29 is 9.53 Å².